The van der Waals surface area contributed by atoms with Crippen LogP contribution in [0.5, 0.6) is 0 Å². The van der Waals surface area contributed by atoms with E-state index in [0.29, 0.717) is 29.3 Å². The SMILES string of the molecule is CC(C)(C)[C@@H]1CCc2c(sc(NC(=O)[C@@H]3CC=CC[C@H]3C(=O)O)c2C(=O)NC2CC2)C1. The molecule has 0 radical (unpaired) electrons. The number of aliphatic carboxylic acids is 1. The van der Waals surface area contributed by atoms with Gasteiger partial charge in [-0.15, -0.1) is 11.3 Å². The summed E-state index contributed by atoms with van der Waals surface area (Å²) in [6.07, 6.45) is 9.24. The van der Waals surface area contributed by atoms with Crippen molar-refractivity contribution in [1.29, 1.82) is 0 Å². The highest BCUT2D eigenvalue weighted by atomic mass is 32.1. The maximum atomic E-state index is 13.1. The van der Waals surface area contributed by atoms with Crippen LogP contribution >= 0.6 is 11.3 Å². The van der Waals surface area contributed by atoms with Crippen molar-refractivity contribution in [2.45, 2.75) is 71.8 Å². The number of carboxylic acids is 1. The smallest absolute Gasteiger partial charge is 0.307 e. The zero-order valence-corrected chi connectivity index (χ0v) is 19.3. The zero-order valence-electron chi connectivity index (χ0n) is 18.5. The topological polar surface area (TPSA) is 95.5 Å². The summed E-state index contributed by atoms with van der Waals surface area (Å²) in [4.78, 5) is 39.0. The molecule has 168 valence electrons. The summed E-state index contributed by atoms with van der Waals surface area (Å²) >= 11 is 1.50. The number of hydrogen-bond acceptors (Lipinski definition) is 4. The fourth-order valence-electron chi connectivity index (χ4n) is 4.72. The molecule has 4 rings (SSSR count). The molecule has 0 bridgehead atoms. The number of carbonyl (C=O) groups is 3. The third-order valence-corrected chi connectivity index (χ3v) is 8.12. The Labute approximate surface area is 187 Å². The number of amides is 2. The summed E-state index contributed by atoms with van der Waals surface area (Å²) in [5.74, 6) is -2.18. The van der Waals surface area contributed by atoms with Gasteiger partial charge in [-0.3, -0.25) is 14.4 Å². The lowest BCUT2D eigenvalue weighted by Gasteiger charge is -2.33. The number of hydrogen-bond donors (Lipinski definition) is 3. The number of thiophene rings is 1. The second kappa shape index (κ2) is 8.41. The van der Waals surface area contributed by atoms with E-state index in [9.17, 15) is 19.5 Å². The van der Waals surface area contributed by atoms with Gasteiger partial charge in [-0.1, -0.05) is 32.9 Å². The van der Waals surface area contributed by atoms with Crippen molar-refractivity contribution in [2.24, 2.45) is 23.2 Å². The molecule has 3 N–H and O–H groups in total. The summed E-state index contributed by atoms with van der Waals surface area (Å²) in [5, 5.41) is 16.2. The summed E-state index contributed by atoms with van der Waals surface area (Å²) in [6.45, 7) is 6.76. The number of carbonyl (C=O) groups excluding carboxylic acids is 2. The van der Waals surface area contributed by atoms with Gasteiger partial charge in [0.05, 0.1) is 17.4 Å². The van der Waals surface area contributed by atoms with Crippen LogP contribution in [-0.4, -0.2) is 28.9 Å². The highest BCUT2D eigenvalue weighted by molar-refractivity contribution is 7.17. The molecule has 0 unspecified atom stereocenters. The maximum Gasteiger partial charge on any atom is 0.307 e. The zero-order chi connectivity index (χ0) is 22.3. The van der Waals surface area contributed by atoms with Crippen molar-refractivity contribution in [1.82, 2.24) is 5.32 Å². The molecule has 2 amide bonds. The first-order valence-corrected chi connectivity index (χ1v) is 12.1. The summed E-state index contributed by atoms with van der Waals surface area (Å²) in [7, 11) is 0. The summed E-state index contributed by atoms with van der Waals surface area (Å²) in [5.41, 5.74) is 1.85. The lowest BCUT2D eigenvalue weighted by Crippen LogP contribution is -2.35. The lowest BCUT2D eigenvalue weighted by molar-refractivity contribution is -0.146. The highest BCUT2D eigenvalue weighted by Gasteiger charge is 2.38. The third kappa shape index (κ3) is 4.71. The third-order valence-electron chi connectivity index (χ3n) is 6.95. The Morgan fingerprint density at radius 1 is 1.06 bits per heavy atom. The number of fused-ring (bicyclic) bond motifs is 1. The second-order valence-electron chi connectivity index (χ2n) is 10.2. The number of anilines is 1. The first-order chi connectivity index (χ1) is 14.6. The Hall–Kier alpha value is -2.15. The van der Waals surface area contributed by atoms with Gasteiger partial charge in [-0.05, 0) is 61.8 Å². The molecule has 3 aliphatic carbocycles. The monoisotopic (exact) mass is 444 g/mol. The van der Waals surface area contributed by atoms with E-state index in [1.807, 2.05) is 12.2 Å². The quantitative estimate of drug-likeness (QED) is 0.587. The lowest BCUT2D eigenvalue weighted by atomic mass is 9.72. The minimum atomic E-state index is -0.949. The van der Waals surface area contributed by atoms with E-state index in [2.05, 4.69) is 31.4 Å². The Morgan fingerprint density at radius 3 is 2.35 bits per heavy atom. The molecule has 1 fully saturated rings. The van der Waals surface area contributed by atoms with Gasteiger partial charge in [-0.2, -0.15) is 0 Å². The largest absolute Gasteiger partial charge is 0.481 e. The van der Waals surface area contributed by atoms with Crippen LogP contribution in [0.3, 0.4) is 0 Å². The van der Waals surface area contributed by atoms with E-state index in [-0.39, 0.29) is 23.3 Å². The molecule has 1 aromatic rings. The first-order valence-electron chi connectivity index (χ1n) is 11.3. The van der Waals surface area contributed by atoms with Gasteiger partial charge >= 0.3 is 5.97 Å². The van der Waals surface area contributed by atoms with E-state index in [4.69, 9.17) is 0 Å². The van der Waals surface area contributed by atoms with Gasteiger partial charge in [-0.25, -0.2) is 0 Å². The van der Waals surface area contributed by atoms with E-state index < -0.39 is 17.8 Å². The molecule has 1 aromatic heterocycles. The van der Waals surface area contributed by atoms with Crippen LogP contribution in [0.15, 0.2) is 12.2 Å². The number of allylic oxidation sites excluding steroid dienone is 2. The van der Waals surface area contributed by atoms with Crippen LogP contribution in [0, 0.1) is 23.2 Å². The molecule has 0 spiro atoms. The second-order valence-corrected chi connectivity index (χ2v) is 11.3. The van der Waals surface area contributed by atoms with E-state index in [1.165, 1.54) is 16.2 Å². The predicted molar refractivity (Wildman–Crippen MR) is 121 cm³/mol. The minimum Gasteiger partial charge on any atom is -0.481 e. The van der Waals surface area contributed by atoms with Gasteiger partial charge in [0, 0.05) is 10.9 Å². The molecular weight excluding hydrogens is 412 g/mol. The Bertz CT molecular complexity index is 923. The van der Waals surface area contributed by atoms with Crippen molar-refractivity contribution in [2.75, 3.05) is 5.32 Å². The van der Waals surface area contributed by atoms with E-state index >= 15 is 0 Å². The van der Waals surface area contributed by atoms with Gasteiger partial charge in [0.1, 0.15) is 5.00 Å². The van der Waals surface area contributed by atoms with Crippen molar-refractivity contribution < 1.29 is 19.5 Å². The number of nitrogens with one attached hydrogen (secondary N) is 2. The van der Waals surface area contributed by atoms with Crippen LogP contribution in [0.25, 0.3) is 0 Å². The fourth-order valence-corrected chi connectivity index (χ4v) is 6.05. The molecular formula is C24H32N2O4S. The molecule has 31 heavy (non-hydrogen) atoms. The van der Waals surface area contributed by atoms with Crippen molar-refractivity contribution in [3.63, 3.8) is 0 Å². The summed E-state index contributed by atoms with van der Waals surface area (Å²) in [6, 6.07) is 0.234. The first kappa shape index (κ1) is 22.1. The van der Waals surface area contributed by atoms with E-state index in [0.717, 1.165) is 37.7 Å². The normalized spacial score (nSPS) is 25.6. The molecule has 0 aliphatic heterocycles. The molecule has 0 aromatic carbocycles. The van der Waals surface area contributed by atoms with Crippen LogP contribution in [0.1, 0.15) is 73.7 Å². The molecule has 3 atom stereocenters. The highest BCUT2D eigenvalue weighted by Crippen LogP contribution is 2.44. The minimum absolute atomic E-state index is 0.108. The number of carboxylic acid groups (broad SMARTS) is 1. The Kier molecular flexibility index (Phi) is 5.99. The molecule has 7 heteroatoms. The molecule has 1 saturated carbocycles. The molecule has 6 nitrogen and oxygen atoms in total. The average molecular weight is 445 g/mol. The van der Waals surface area contributed by atoms with Crippen LogP contribution in [0.2, 0.25) is 0 Å². The van der Waals surface area contributed by atoms with Gasteiger partial charge in [0.25, 0.3) is 5.91 Å². The molecule has 1 heterocycles. The van der Waals surface area contributed by atoms with Gasteiger partial charge in [0.15, 0.2) is 0 Å². The fraction of sp³-hybridized carbons (Fsp3) is 0.625. The van der Waals surface area contributed by atoms with E-state index in [1.54, 1.807) is 0 Å². The Balaban J connectivity index is 1.62. The van der Waals surface area contributed by atoms with Crippen molar-refractivity contribution in [3.05, 3.63) is 28.2 Å². The average Bonchev–Trinajstić information content (AvgIpc) is 3.44. The van der Waals surface area contributed by atoms with Crippen LogP contribution in [-0.2, 0) is 22.4 Å². The maximum absolute atomic E-state index is 13.1. The Morgan fingerprint density at radius 2 is 1.74 bits per heavy atom. The molecule has 3 aliphatic rings. The van der Waals surface area contributed by atoms with Crippen molar-refractivity contribution >= 4 is 34.1 Å². The predicted octanol–water partition coefficient (Wildman–Crippen LogP) is 4.40. The molecule has 0 saturated heterocycles. The van der Waals surface area contributed by atoms with Gasteiger partial charge in [0.2, 0.25) is 5.91 Å². The number of rotatable bonds is 5. The van der Waals surface area contributed by atoms with Crippen LogP contribution in [0.4, 0.5) is 5.00 Å². The van der Waals surface area contributed by atoms with Gasteiger partial charge < -0.3 is 15.7 Å². The van der Waals surface area contributed by atoms with Crippen molar-refractivity contribution in [3.8, 4) is 0 Å². The standard InChI is InChI=1S/C24H32N2O4S/c1-24(2,3)13-8-11-17-18(12-13)31-22(19(17)21(28)25-14-9-10-14)26-20(27)15-6-4-5-7-16(15)23(29)30/h4-5,13-16H,6-12H2,1-3H3,(H,25,28)(H,26,27)(H,29,30)/t13-,15-,16-/m1/s1. The summed E-state index contributed by atoms with van der Waals surface area (Å²) < 4.78 is 0. The van der Waals surface area contributed by atoms with Crippen LogP contribution < -0.4 is 10.6 Å².